The Morgan fingerprint density at radius 3 is 1.91 bits per heavy atom. The van der Waals surface area contributed by atoms with Crippen LogP contribution in [0.1, 0.15) is 52.9 Å². The maximum Gasteiger partial charge on any atom is 0.0462 e. The van der Waals surface area contributed by atoms with Crippen molar-refractivity contribution < 1.29 is 4.74 Å². The maximum atomic E-state index is 4.92. The average Bonchev–Trinajstić information content (AvgIpc) is 2.08. The maximum absolute atomic E-state index is 4.92. The second kappa shape index (κ2) is 16.5. The van der Waals surface area contributed by atoms with Gasteiger partial charge in [-0.1, -0.05) is 46.5 Å². The van der Waals surface area contributed by atoms with Crippen molar-refractivity contribution in [1.82, 2.24) is 0 Å². The number of hydrogen-bond acceptors (Lipinski definition) is 1. The van der Waals surface area contributed by atoms with E-state index in [0.29, 0.717) is 0 Å². The minimum atomic E-state index is 0.934. The topological polar surface area (TPSA) is 9.23 Å². The summed E-state index contributed by atoms with van der Waals surface area (Å²) in [6, 6.07) is 0. The van der Waals surface area contributed by atoms with Crippen LogP contribution in [-0.2, 0) is 4.74 Å². The Labute approximate surface area is 72.1 Å². The van der Waals surface area contributed by atoms with Gasteiger partial charge < -0.3 is 4.74 Å². The summed E-state index contributed by atoms with van der Waals surface area (Å²) in [7, 11) is 1.76. The molecule has 0 aliphatic carbocycles. The van der Waals surface area contributed by atoms with Gasteiger partial charge in [0.2, 0.25) is 0 Å². The number of hydrogen-bond donors (Lipinski definition) is 0. The van der Waals surface area contributed by atoms with Gasteiger partial charge in [-0.25, -0.2) is 0 Å². The van der Waals surface area contributed by atoms with Gasteiger partial charge in [-0.3, -0.25) is 0 Å². The molecule has 0 atom stereocenters. The van der Waals surface area contributed by atoms with Gasteiger partial charge in [0.1, 0.15) is 0 Å². The first-order valence-electron chi connectivity index (χ1n) is 4.90. The van der Waals surface area contributed by atoms with E-state index in [1.165, 1.54) is 32.1 Å². The molecule has 11 heavy (non-hydrogen) atoms. The Morgan fingerprint density at radius 2 is 1.45 bits per heavy atom. The first kappa shape index (κ1) is 13.5. The predicted octanol–water partition coefficient (Wildman–Crippen LogP) is 3.63. The third-order valence-corrected chi connectivity index (χ3v) is 1.45. The van der Waals surface area contributed by atoms with Crippen molar-refractivity contribution in [2.75, 3.05) is 13.7 Å². The number of rotatable bonds is 6. The molecule has 0 fully saturated rings. The van der Waals surface area contributed by atoms with Crippen LogP contribution in [0.2, 0.25) is 0 Å². The third-order valence-electron chi connectivity index (χ3n) is 1.45. The van der Waals surface area contributed by atoms with Crippen molar-refractivity contribution >= 4 is 0 Å². The zero-order chi connectivity index (χ0) is 8.95. The highest BCUT2D eigenvalue weighted by Crippen LogP contribution is 2.01. The number of unbranched alkanes of at least 4 members (excludes halogenated alkanes) is 4. The van der Waals surface area contributed by atoms with Crippen LogP contribution in [0.25, 0.3) is 0 Å². The molecule has 0 unspecified atom stereocenters. The summed E-state index contributed by atoms with van der Waals surface area (Å²) in [6.45, 7) is 7.17. The lowest BCUT2D eigenvalue weighted by Crippen LogP contribution is -1.87. The van der Waals surface area contributed by atoms with Crippen LogP contribution in [0.5, 0.6) is 0 Å². The summed E-state index contributed by atoms with van der Waals surface area (Å²) >= 11 is 0. The fourth-order valence-electron chi connectivity index (χ4n) is 0.850. The first-order valence-corrected chi connectivity index (χ1v) is 4.90. The summed E-state index contributed by atoms with van der Waals surface area (Å²) in [6.07, 6.45) is 6.65. The van der Waals surface area contributed by atoms with Crippen LogP contribution in [0.15, 0.2) is 0 Å². The molecule has 0 bridgehead atoms. The fourth-order valence-corrected chi connectivity index (χ4v) is 0.850. The lowest BCUT2D eigenvalue weighted by atomic mass is 10.2. The minimum Gasteiger partial charge on any atom is -0.385 e. The summed E-state index contributed by atoms with van der Waals surface area (Å²) < 4.78 is 4.92. The lowest BCUT2D eigenvalue weighted by molar-refractivity contribution is 0.192. The van der Waals surface area contributed by atoms with Crippen molar-refractivity contribution in [2.45, 2.75) is 52.9 Å². The monoisotopic (exact) mass is 160 g/mol. The molecule has 0 saturated heterocycles. The molecule has 0 aromatic heterocycles. The van der Waals surface area contributed by atoms with E-state index in [9.17, 15) is 0 Å². The van der Waals surface area contributed by atoms with Crippen LogP contribution >= 0.6 is 0 Å². The van der Waals surface area contributed by atoms with E-state index in [-0.39, 0.29) is 0 Å². The molecule has 0 aromatic rings. The normalized spacial score (nSPS) is 8.73. The molecule has 0 spiro atoms. The molecular weight excluding hydrogens is 136 g/mol. The van der Waals surface area contributed by atoms with Crippen LogP contribution in [0, 0.1) is 0 Å². The summed E-state index contributed by atoms with van der Waals surface area (Å²) in [4.78, 5) is 0. The molecule has 1 heteroatoms. The van der Waals surface area contributed by atoms with E-state index in [2.05, 4.69) is 6.92 Å². The summed E-state index contributed by atoms with van der Waals surface area (Å²) in [5, 5.41) is 0. The van der Waals surface area contributed by atoms with Crippen LogP contribution in [-0.4, -0.2) is 13.7 Å². The molecule has 0 amide bonds. The van der Waals surface area contributed by atoms with E-state index in [1.807, 2.05) is 13.8 Å². The fraction of sp³-hybridized carbons (Fsp3) is 1.00. The van der Waals surface area contributed by atoms with E-state index in [1.54, 1.807) is 7.11 Å². The third kappa shape index (κ3) is 17.8. The van der Waals surface area contributed by atoms with Crippen LogP contribution < -0.4 is 0 Å². The molecule has 0 aliphatic heterocycles. The van der Waals surface area contributed by atoms with Crippen molar-refractivity contribution in [3.05, 3.63) is 0 Å². The van der Waals surface area contributed by atoms with E-state index >= 15 is 0 Å². The Balaban J connectivity index is 0. The van der Waals surface area contributed by atoms with Gasteiger partial charge in [0.15, 0.2) is 0 Å². The Bertz CT molecular complexity index is 38.1. The Morgan fingerprint density at radius 1 is 0.909 bits per heavy atom. The molecule has 0 saturated carbocycles. The quantitative estimate of drug-likeness (QED) is 0.539. The highest BCUT2D eigenvalue weighted by atomic mass is 16.5. The second-order valence-electron chi connectivity index (χ2n) is 2.41. The molecule has 0 heterocycles. The minimum absolute atomic E-state index is 0.934. The van der Waals surface area contributed by atoms with Crippen molar-refractivity contribution in [3.8, 4) is 0 Å². The van der Waals surface area contributed by atoms with Gasteiger partial charge in [-0.15, -0.1) is 0 Å². The van der Waals surface area contributed by atoms with Crippen molar-refractivity contribution in [2.24, 2.45) is 0 Å². The Hall–Kier alpha value is -0.0400. The Kier molecular flexibility index (Phi) is 20.3. The van der Waals surface area contributed by atoms with E-state index < -0.39 is 0 Å². The lowest BCUT2D eigenvalue weighted by Gasteiger charge is -1.97. The largest absolute Gasteiger partial charge is 0.385 e. The van der Waals surface area contributed by atoms with Crippen molar-refractivity contribution in [3.63, 3.8) is 0 Å². The summed E-state index contributed by atoms with van der Waals surface area (Å²) in [5.41, 5.74) is 0. The molecule has 0 N–H and O–H groups in total. The smallest absolute Gasteiger partial charge is 0.0462 e. The molecule has 70 valence electrons. The highest BCUT2D eigenvalue weighted by molar-refractivity contribution is 4.40. The first-order chi connectivity index (χ1) is 5.41. The number of methoxy groups -OCH3 is 1. The van der Waals surface area contributed by atoms with Gasteiger partial charge in [0.25, 0.3) is 0 Å². The second-order valence-corrected chi connectivity index (χ2v) is 2.41. The molecule has 0 rings (SSSR count). The zero-order valence-electron chi connectivity index (χ0n) is 8.65. The van der Waals surface area contributed by atoms with Crippen molar-refractivity contribution in [1.29, 1.82) is 0 Å². The zero-order valence-corrected chi connectivity index (χ0v) is 8.65. The highest BCUT2D eigenvalue weighted by Gasteiger charge is 1.85. The molecule has 0 aliphatic rings. The molecule has 0 aromatic carbocycles. The van der Waals surface area contributed by atoms with E-state index in [4.69, 9.17) is 4.74 Å². The average molecular weight is 160 g/mol. The number of ether oxygens (including phenoxy) is 1. The molecule has 0 radical (unpaired) electrons. The van der Waals surface area contributed by atoms with Gasteiger partial charge in [-0.05, 0) is 6.42 Å². The van der Waals surface area contributed by atoms with Gasteiger partial charge in [0.05, 0.1) is 0 Å². The van der Waals surface area contributed by atoms with Gasteiger partial charge in [0, 0.05) is 13.7 Å². The summed E-state index contributed by atoms with van der Waals surface area (Å²) in [5.74, 6) is 0. The standard InChI is InChI=1S/C8H18O.C2H6/c1-3-4-5-6-7-8-9-2;1-2/h3-8H2,1-2H3;1-2H3. The van der Waals surface area contributed by atoms with E-state index in [0.717, 1.165) is 6.61 Å². The van der Waals surface area contributed by atoms with Gasteiger partial charge in [-0.2, -0.15) is 0 Å². The molecule has 1 nitrogen and oxygen atoms in total. The van der Waals surface area contributed by atoms with Gasteiger partial charge >= 0.3 is 0 Å². The van der Waals surface area contributed by atoms with Crippen LogP contribution in [0.4, 0.5) is 0 Å². The van der Waals surface area contributed by atoms with Crippen LogP contribution in [0.3, 0.4) is 0 Å². The predicted molar refractivity (Wildman–Crippen MR) is 52.0 cm³/mol. The SMILES string of the molecule is CC.CCCCCCCOC. The molecular formula is C10H24O.